The van der Waals surface area contributed by atoms with E-state index in [0.717, 1.165) is 37.2 Å². The maximum atomic E-state index is 12.1. The number of nitrogens with zero attached hydrogens (tertiary/aromatic N) is 1. The molecular formula is C17H26ClN3O2. The fourth-order valence-corrected chi connectivity index (χ4v) is 2.62. The normalized spacial score (nSPS) is 16.5. The lowest BCUT2D eigenvalue weighted by Gasteiger charge is -2.18. The molecule has 5 nitrogen and oxygen atoms in total. The highest BCUT2D eigenvalue weighted by Gasteiger charge is 2.18. The van der Waals surface area contributed by atoms with E-state index in [1.807, 2.05) is 31.2 Å². The van der Waals surface area contributed by atoms with Gasteiger partial charge in [-0.1, -0.05) is 17.7 Å². The van der Waals surface area contributed by atoms with Gasteiger partial charge in [-0.15, -0.1) is 12.4 Å². The fourth-order valence-electron chi connectivity index (χ4n) is 2.62. The molecule has 1 fully saturated rings. The third-order valence-corrected chi connectivity index (χ3v) is 4.07. The summed E-state index contributed by atoms with van der Waals surface area (Å²) in [7, 11) is 1.68. The Bertz CT molecular complexity index is 513. The van der Waals surface area contributed by atoms with E-state index in [2.05, 4.69) is 10.6 Å². The number of anilines is 1. The van der Waals surface area contributed by atoms with Gasteiger partial charge in [0.05, 0.1) is 6.54 Å². The van der Waals surface area contributed by atoms with Crippen LogP contribution in [0, 0.1) is 12.8 Å². The van der Waals surface area contributed by atoms with E-state index in [0.29, 0.717) is 12.3 Å². The topological polar surface area (TPSA) is 61.4 Å². The van der Waals surface area contributed by atoms with Gasteiger partial charge in [0.25, 0.3) is 0 Å². The number of carbonyl (C=O) groups excluding carboxylic acids is 2. The molecule has 1 heterocycles. The van der Waals surface area contributed by atoms with E-state index in [9.17, 15) is 9.59 Å². The van der Waals surface area contributed by atoms with Crippen LogP contribution in [0.1, 0.15) is 24.8 Å². The van der Waals surface area contributed by atoms with Gasteiger partial charge >= 0.3 is 0 Å². The van der Waals surface area contributed by atoms with Gasteiger partial charge in [0, 0.05) is 19.2 Å². The molecule has 0 aromatic heterocycles. The van der Waals surface area contributed by atoms with Crippen LogP contribution in [-0.2, 0) is 9.59 Å². The summed E-state index contributed by atoms with van der Waals surface area (Å²) in [6, 6.07) is 7.62. The average Bonchev–Trinajstić information content (AvgIpc) is 3.00. The van der Waals surface area contributed by atoms with Crippen LogP contribution in [0.5, 0.6) is 0 Å². The zero-order valence-corrected chi connectivity index (χ0v) is 14.6. The highest BCUT2D eigenvalue weighted by molar-refractivity contribution is 5.94. The van der Waals surface area contributed by atoms with Crippen molar-refractivity contribution in [2.75, 3.05) is 32.0 Å². The summed E-state index contributed by atoms with van der Waals surface area (Å²) < 4.78 is 0. The van der Waals surface area contributed by atoms with Crippen LogP contribution >= 0.6 is 12.4 Å². The minimum atomic E-state index is -0.165. The molecule has 2 rings (SSSR count). The molecule has 128 valence electrons. The van der Waals surface area contributed by atoms with Gasteiger partial charge in [0.15, 0.2) is 0 Å². The largest absolute Gasteiger partial charge is 0.336 e. The minimum absolute atomic E-state index is 0. The number of carbonyl (C=O) groups is 2. The summed E-state index contributed by atoms with van der Waals surface area (Å²) in [5.41, 5.74) is 1.90. The number of aryl methyl sites for hydroxylation is 1. The van der Waals surface area contributed by atoms with Gasteiger partial charge in [0.2, 0.25) is 11.8 Å². The Hall–Kier alpha value is -1.59. The summed E-state index contributed by atoms with van der Waals surface area (Å²) in [5, 5.41) is 6.11. The zero-order valence-electron chi connectivity index (χ0n) is 13.8. The molecule has 0 saturated carbocycles. The van der Waals surface area contributed by atoms with Crippen molar-refractivity contribution in [3.63, 3.8) is 0 Å². The van der Waals surface area contributed by atoms with Crippen molar-refractivity contribution in [2.45, 2.75) is 26.2 Å². The van der Waals surface area contributed by atoms with Crippen molar-refractivity contribution in [1.29, 1.82) is 0 Å². The van der Waals surface area contributed by atoms with Crippen LogP contribution in [0.2, 0.25) is 0 Å². The zero-order chi connectivity index (χ0) is 15.9. The molecule has 1 aromatic carbocycles. The van der Waals surface area contributed by atoms with Crippen LogP contribution in [0.4, 0.5) is 5.69 Å². The van der Waals surface area contributed by atoms with Crippen molar-refractivity contribution in [3.8, 4) is 0 Å². The second-order valence-electron chi connectivity index (χ2n) is 6.06. The number of hydrogen-bond donors (Lipinski definition) is 2. The van der Waals surface area contributed by atoms with Crippen LogP contribution in [0.15, 0.2) is 24.3 Å². The second kappa shape index (κ2) is 9.53. The monoisotopic (exact) mass is 339 g/mol. The molecule has 23 heavy (non-hydrogen) atoms. The molecule has 2 amide bonds. The van der Waals surface area contributed by atoms with Crippen LogP contribution < -0.4 is 10.6 Å². The summed E-state index contributed by atoms with van der Waals surface area (Å²) in [6.07, 6.45) is 2.56. The van der Waals surface area contributed by atoms with E-state index in [4.69, 9.17) is 0 Å². The van der Waals surface area contributed by atoms with Crippen molar-refractivity contribution in [2.24, 2.45) is 5.92 Å². The number of likely N-dealkylation sites (N-methyl/N-ethyl adjacent to an activating group) is 1. The Kier molecular flexibility index (Phi) is 8.06. The third-order valence-electron chi connectivity index (χ3n) is 4.07. The van der Waals surface area contributed by atoms with Gasteiger partial charge in [-0.25, -0.2) is 0 Å². The Labute approximate surface area is 144 Å². The number of halogens is 1. The standard InChI is InChI=1S/C17H25N3O2.ClH/c1-13-3-6-15(7-4-13)19-16(21)12-20(2)17(22)8-5-14-9-10-18-11-14;/h3-4,6-7,14,18H,5,8-12H2,1-2H3,(H,19,21);1H. The number of benzene rings is 1. The first-order valence-electron chi connectivity index (χ1n) is 7.86. The van der Waals surface area contributed by atoms with E-state index >= 15 is 0 Å². The average molecular weight is 340 g/mol. The lowest BCUT2D eigenvalue weighted by Crippen LogP contribution is -2.35. The Balaban J connectivity index is 0.00000264. The predicted molar refractivity (Wildman–Crippen MR) is 94.9 cm³/mol. The Morgan fingerprint density at radius 1 is 1.30 bits per heavy atom. The van der Waals surface area contributed by atoms with Crippen molar-refractivity contribution >= 4 is 29.9 Å². The number of amides is 2. The highest BCUT2D eigenvalue weighted by Crippen LogP contribution is 2.15. The van der Waals surface area contributed by atoms with Gasteiger partial charge in [-0.2, -0.15) is 0 Å². The van der Waals surface area contributed by atoms with Crippen LogP contribution in [0.25, 0.3) is 0 Å². The number of nitrogens with one attached hydrogen (secondary N) is 2. The molecule has 2 N–H and O–H groups in total. The molecule has 6 heteroatoms. The maximum Gasteiger partial charge on any atom is 0.243 e. The predicted octanol–water partition coefficient (Wildman–Crippen LogP) is 2.20. The Morgan fingerprint density at radius 3 is 2.61 bits per heavy atom. The summed E-state index contributed by atoms with van der Waals surface area (Å²) >= 11 is 0. The van der Waals surface area contributed by atoms with Gasteiger partial charge in [0.1, 0.15) is 0 Å². The van der Waals surface area contributed by atoms with E-state index in [1.165, 1.54) is 4.90 Å². The first-order valence-corrected chi connectivity index (χ1v) is 7.86. The van der Waals surface area contributed by atoms with E-state index in [1.54, 1.807) is 7.05 Å². The molecule has 1 atom stereocenters. The van der Waals surface area contributed by atoms with Crippen LogP contribution in [-0.4, -0.2) is 43.4 Å². The van der Waals surface area contributed by atoms with Gasteiger partial charge < -0.3 is 15.5 Å². The minimum Gasteiger partial charge on any atom is -0.336 e. The fraction of sp³-hybridized carbons (Fsp3) is 0.529. The first-order chi connectivity index (χ1) is 10.5. The molecule has 1 aliphatic heterocycles. The first kappa shape index (κ1) is 19.5. The molecule has 0 radical (unpaired) electrons. The van der Waals surface area contributed by atoms with Crippen molar-refractivity contribution < 1.29 is 9.59 Å². The molecular weight excluding hydrogens is 314 g/mol. The molecule has 1 aliphatic rings. The molecule has 0 bridgehead atoms. The summed E-state index contributed by atoms with van der Waals surface area (Å²) in [6.45, 7) is 4.14. The van der Waals surface area contributed by atoms with Gasteiger partial charge in [-0.05, 0) is 50.9 Å². The summed E-state index contributed by atoms with van der Waals surface area (Å²) in [4.78, 5) is 25.5. The Morgan fingerprint density at radius 2 is 2.00 bits per heavy atom. The lowest BCUT2D eigenvalue weighted by molar-refractivity contribution is -0.133. The number of hydrogen-bond acceptors (Lipinski definition) is 3. The van der Waals surface area contributed by atoms with E-state index < -0.39 is 0 Å². The molecule has 1 unspecified atom stereocenters. The molecule has 0 aliphatic carbocycles. The second-order valence-corrected chi connectivity index (χ2v) is 6.06. The maximum absolute atomic E-state index is 12.1. The smallest absolute Gasteiger partial charge is 0.243 e. The van der Waals surface area contributed by atoms with Gasteiger partial charge in [-0.3, -0.25) is 9.59 Å². The SMILES string of the molecule is Cc1ccc(NC(=O)CN(C)C(=O)CCC2CCNC2)cc1.Cl. The van der Waals surface area contributed by atoms with Crippen molar-refractivity contribution in [3.05, 3.63) is 29.8 Å². The lowest BCUT2D eigenvalue weighted by atomic mass is 10.0. The summed E-state index contributed by atoms with van der Waals surface area (Å²) in [5.74, 6) is 0.465. The third kappa shape index (κ3) is 6.59. The van der Waals surface area contributed by atoms with E-state index in [-0.39, 0.29) is 30.8 Å². The molecule has 0 spiro atoms. The molecule has 1 saturated heterocycles. The van der Waals surface area contributed by atoms with Crippen molar-refractivity contribution in [1.82, 2.24) is 10.2 Å². The quantitative estimate of drug-likeness (QED) is 0.835. The number of rotatable bonds is 6. The highest BCUT2D eigenvalue weighted by atomic mass is 35.5. The molecule has 1 aromatic rings. The van der Waals surface area contributed by atoms with Crippen LogP contribution in [0.3, 0.4) is 0 Å².